The normalized spacial score (nSPS) is 37.5. The molecule has 1 aliphatic heterocycles. The maximum Gasteiger partial charge on any atom is 0.408 e. The van der Waals surface area contributed by atoms with Crippen molar-refractivity contribution in [2.45, 2.75) is 50.4 Å². The zero-order chi connectivity index (χ0) is 12.0. The summed E-state index contributed by atoms with van der Waals surface area (Å²) >= 11 is 0. The first-order valence-electron chi connectivity index (χ1n) is 5.67. The summed E-state index contributed by atoms with van der Waals surface area (Å²) in [7, 11) is 0. The minimum Gasteiger partial charge on any atom is -0.444 e. The smallest absolute Gasteiger partial charge is 0.408 e. The van der Waals surface area contributed by atoms with Crippen molar-refractivity contribution in [2.75, 3.05) is 13.1 Å². The molecule has 2 atom stereocenters. The molecule has 0 spiro atoms. The summed E-state index contributed by atoms with van der Waals surface area (Å²) in [6.45, 7) is 6.19. The van der Waals surface area contributed by atoms with E-state index in [4.69, 9.17) is 4.74 Å². The van der Waals surface area contributed by atoms with Gasteiger partial charge in [0.1, 0.15) is 11.3 Å². The molecule has 5 heteroatoms. The monoisotopic (exact) mass is 230 g/mol. The van der Waals surface area contributed by atoms with Gasteiger partial charge in [-0.1, -0.05) is 0 Å². The second kappa shape index (κ2) is 3.32. The lowest BCUT2D eigenvalue weighted by Gasteiger charge is -2.49. The number of nitrogens with one attached hydrogen (secondary N) is 2. The highest BCUT2D eigenvalue weighted by atomic mass is 19.1. The third-order valence-corrected chi connectivity index (χ3v) is 3.38. The summed E-state index contributed by atoms with van der Waals surface area (Å²) in [5, 5.41) is 5.68. The Morgan fingerprint density at radius 2 is 2.06 bits per heavy atom. The SMILES string of the molecule is CC(C)(C)OC(=O)N[C@@]12CC[C@]1(F)CNC2. The van der Waals surface area contributed by atoms with Crippen LogP contribution in [0.4, 0.5) is 9.18 Å². The first-order chi connectivity index (χ1) is 7.27. The molecule has 4 nitrogen and oxygen atoms in total. The zero-order valence-corrected chi connectivity index (χ0v) is 10.0. The molecule has 2 aliphatic rings. The van der Waals surface area contributed by atoms with Crippen molar-refractivity contribution in [3.63, 3.8) is 0 Å². The Morgan fingerprint density at radius 3 is 2.50 bits per heavy atom. The van der Waals surface area contributed by atoms with E-state index in [2.05, 4.69) is 10.6 Å². The lowest BCUT2D eigenvalue weighted by molar-refractivity contribution is -0.0301. The van der Waals surface area contributed by atoms with Gasteiger partial charge in [-0.2, -0.15) is 0 Å². The van der Waals surface area contributed by atoms with Gasteiger partial charge in [0, 0.05) is 13.1 Å². The molecule has 1 amide bonds. The highest BCUT2D eigenvalue weighted by molar-refractivity contribution is 5.69. The van der Waals surface area contributed by atoms with Gasteiger partial charge < -0.3 is 15.4 Å². The third kappa shape index (κ3) is 1.77. The van der Waals surface area contributed by atoms with Gasteiger partial charge in [0.05, 0.1) is 5.54 Å². The lowest BCUT2D eigenvalue weighted by Crippen LogP contribution is -2.69. The second-order valence-corrected chi connectivity index (χ2v) is 5.78. The first-order valence-corrected chi connectivity index (χ1v) is 5.67. The summed E-state index contributed by atoms with van der Waals surface area (Å²) in [4.78, 5) is 11.6. The Morgan fingerprint density at radius 1 is 1.38 bits per heavy atom. The zero-order valence-electron chi connectivity index (χ0n) is 10.0. The molecule has 0 aromatic carbocycles. The summed E-state index contributed by atoms with van der Waals surface area (Å²) < 4.78 is 19.4. The lowest BCUT2D eigenvalue weighted by atomic mass is 9.66. The van der Waals surface area contributed by atoms with Crippen molar-refractivity contribution >= 4 is 6.09 Å². The Bertz CT molecular complexity index is 316. The van der Waals surface area contributed by atoms with Crippen LogP contribution in [0.5, 0.6) is 0 Å². The molecule has 1 heterocycles. The van der Waals surface area contributed by atoms with Crippen molar-refractivity contribution in [3.05, 3.63) is 0 Å². The van der Waals surface area contributed by atoms with E-state index >= 15 is 0 Å². The highest BCUT2D eigenvalue weighted by Crippen LogP contribution is 2.48. The molecule has 0 unspecified atom stereocenters. The molecule has 0 aromatic rings. The van der Waals surface area contributed by atoms with Gasteiger partial charge in [-0.15, -0.1) is 0 Å². The Hall–Kier alpha value is -0.840. The van der Waals surface area contributed by atoms with Gasteiger partial charge in [0.15, 0.2) is 0 Å². The minimum absolute atomic E-state index is 0.322. The number of hydrogen-bond acceptors (Lipinski definition) is 3. The fraction of sp³-hybridized carbons (Fsp3) is 0.909. The maximum absolute atomic E-state index is 14.2. The quantitative estimate of drug-likeness (QED) is 0.715. The Labute approximate surface area is 94.9 Å². The van der Waals surface area contributed by atoms with E-state index in [-0.39, 0.29) is 0 Å². The van der Waals surface area contributed by atoms with E-state index in [9.17, 15) is 9.18 Å². The predicted octanol–water partition coefficient (Wildman–Crippen LogP) is 1.36. The van der Waals surface area contributed by atoms with E-state index < -0.39 is 22.9 Å². The molecule has 1 saturated heterocycles. The van der Waals surface area contributed by atoms with Crippen LogP contribution in [0.3, 0.4) is 0 Å². The number of fused-ring (bicyclic) bond motifs is 1. The maximum atomic E-state index is 14.2. The van der Waals surface area contributed by atoms with Crippen LogP contribution in [0, 0.1) is 0 Å². The first kappa shape index (κ1) is 11.6. The molecule has 0 aromatic heterocycles. The van der Waals surface area contributed by atoms with E-state index in [0.29, 0.717) is 25.9 Å². The summed E-state index contributed by atoms with van der Waals surface area (Å²) in [6.07, 6.45) is 0.656. The number of alkyl carbamates (subject to hydrolysis) is 1. The van der Waals surface area contributed by atoms with Crippen LogP contribution in [-0.2, 0) is 4.74 Å². The highest BCUT2D eigenvalue weighted by Gasteiger charge is 2.64. The van der Waals surface area contributed by atoms with Crippen LogP contribution >= 0.6 is 0 Å². The largest absolute Gasteiger partial charge is 0.444 e. The molecule has 16 heavy (non-hydrogen) atoms. The number of alkyl halides is 1. The Balaban J connectivity index is 1.98. The van der Waals surface area contributed by atoms with Crippen molar-refractivity contribution in [2.24, 2.45) is 0 Å². The van der Waals surface area contributed by atoms with E-state index in [1.807, 2.05) is 0 Å². The van der Waals surface area contributed by atoms with Crippen LogP contribution in [0.2, 0.25) is 0 Å². The van der Waals surface area contributed by atoms with E-state index in [0.717, 1.165) is 0 Å². The number of carbonyl (C=O) groups is 1. The molecule has 0 radical (unpaired) electrons. The number of hydrogen-bond donors (Lipinski definition) is 2. The summed E-state index contributed by atoms with van der Waals surface area (Å²) in [5.74, 6) is 0. The molecule has 92 valence electrons. The number of rotatable bonds is 1. The molecular weight excluding hydrogens is 211 g/mol. The van der Waals surface area contributed by atoms with E-state index in [1.165, 1.54) is 0 Å². The van der Waals surface area contributed by atoms with E-state index in [1.54, 1.807) is 20.8 Å². The van der Waals surface area contributed by atoms with Crippen LogP contribution < -0.4 is 10.6 Å². The molecule has 1 saturated carbocycles. The second-order valence-electron chi connectivity index (χ2n) is 5.78. The molecule has 2 rings (SSSR count). The number of halogens is 1. The molecule has 1 aliphatic carbocycles. The summed E-state index contributed by atoms with van der Waals surface area (Å²) in [6, 6.07) is 0. The molecule has 2 fully saturated rings. The number of ether oxygens (including phenoxy) is 1. The minimum atomic E-state index is -1.29. The van der Waals surface area contributed by atoms with Crippen LogP contribution in [0.25, 0.3) is 0 Å². The van der Waals surface area contributed by atoms with Gasteiger partial charge >= 0.3 is 6.09 Å². The van der Waals surface area contributed by atoms with Crippen molar-refractivity contribution in [3.8, 4) is 0 Å². The standard InChI is InChI=1S/C11H19FN2O2/c1-9(2,3)16-8(15)14-11-5-4-10(11,12)6-13-7-11/h13H,4-7H2,1-3H3,(H,14,15)/t10-,11+/m0/s1. The van der Waals surface area contributed by atoms with Gasteiger partial charge in [0.2, 0.25) is 0 Å². The van der Waals surface area contributed by atoms with Gasteiger partial charge in [-0.3, -0.25) is 0 Å². The van der Waals surface area contributed by atoms with Crippen molar-refractivity contribution in [1.29, 1.82) is 0 Å². The third-order valence-electron chi connectivity index (χ3n) is 3.38. The number of carbonyl (C=O) groups excluding carboxylic acids is 1. The van der Waals surface area contributed by atoms with Crippen LogP contribution in [-0.4, -0.2) is 36.0 Å². The van der Waals surface area contributed by atoms with Crippen molar-refractivity contribution in [1.82, 2.24) is 10.6 Å². The fourth-order valence-corrected chi connectivity index (χ4v) is 2.39. The van der Waals surface area contributed by atoms with Crippen molar-refractivity contribution < 1.29 is 13.9 Å². The van der Waals surface area contributed by atoms with Gasteiger partial charge in [-0.05, 0) is 33.6 Å². The van der Waals surface area contributed by atoms with Crippen LogP contribution in [0.1, 0.15) is 33.6 Å². The predicted molar refractivity (Wildman–Crippen MR) is 58.0 cm³/mol. The van der Waals surface area contributed by atoms with Crippen LogP contribution in [0.15, 0.2) is 0 Å². The fourth-order valence-electron chi connectivity index (χ4n) is 2.39. The average molecular weight is 230 g/mol. The van der Waals surface area contributed by atoms with Gasteiger partial charge in [-0.25, -0.2) is 9.18 Å². The average Bonchev–Trinajstić information content (AvgIpc) is 2.28. The number of amides is 1. The molecule has 0 bridgehead atoms. The summed E-state index contributed by atoms with van der Waals surface area (Å²) in [5.41, 5.74) is -2.57. The van der Waals surface area contributed by atoms with Gasteiger partial charge in [0.25, 0.3) is 0 Å². The topological polar surface area (TPSA) is 50.4 Å². The molecule has 2 N–H and O–H groups in total. The molecular formula is C11H19FN2O2. The Kier molecular flexibility index (Phi) is 2.42.